The monoisotopic (exact) mass is 614 g/mol. The molecule has 5 atom stereocenters. The maximum Gasteiger partial charge on any atom is 0.407 e. The summed E-state index contributed by atoms with van der Waals surface area (Å²) >= 11 is 0. The van der Waals surface area contributed by atoms with Crippen molar-refractivity contribution in [1.82, 2.24) is 21.3 Å². The van der Waals surface area contributed by atoms with Gasteiger partial charge in [-0.05, 0) is 44.7 Å². The number of hydrogen-bond acceptors (Lipinski definition) is 8. The van der Waals surface area contributed by atoms with Crippen molar-refractivity contribution in [2.24, 2.45) is 5.41 Å². The van der Waals surface area contributed by atoms with Crippen LogP contribution in [0.25, 0.3) is 0 Å². The van der Waals surface area contributed by atoms with Crippen molar-refractivity contribution < 1.29 is 34.4 Å². The first-order valence-corrected chi connectivity index (χ1v) is 14.9. The molecule has 0 saturated carbocycles. The van der Waals surface area contributed by atoms with Gasteiger partial charge in [0.15, 0.2) is 0 Å². The number of carbonyl (C=O) groups is 3. The van der Waals surface area contributed by atoms with E-state index in [1.165, 1.54) is 7.05 Å². The first kappa shape index (κ1) is 36.7. The Hall–Kier alpha value is -3.51. The number of benzene rings is 2. The number of nitrogens with one attached hydrogen (secondary N) is 4. The highest BCUT2D eigenvalue weighted by Crippen LogP contribution is 2.31. The third kappa shape index (κ3) is 10.9. The summed E-state index contributed by atoms with van der Waals surface area (Å²) in [6, 6.07) is 17.0. The Balaban J connectivity index is 2.17. The van der Waals surface area contributed by atoms with Crippen molar-refractivity contribution in [3.05, 3.63) is 71.8 Å². The highest BCUT2D eigenvalue weighted by molar-refractivity contribution is 6.09. The Bertz CT molecular complexity index is 1200. The lowest BCUT2D eigenvalue weighted by Crippen LogP contribution is -2.66. The average molecular weight is 615 g/mol. The van der Waals surface area contributed by atoms with Crippen molar-refractivity contribution in [3.8, 4) is 0 Å². The second-order valence-corrected chi connectivity index (χ2v) is 13.0. The van der Waals surface area contributed by atoms with E-state index in [1.807, 2.05) is 60.7 Å². The summed E-state index contributed by atoms with van der Waals surface area (Å²) in [6.45, 7) is 9.92. The Morgan fingerprint density at radius 1 is 0.727 bits per heavy atom. The third-order valence-corrected chi connectivity index (χ3v) is 7.22. The Labute approximate surface area is 260 Å². The molecule has 0 fully saturated rings. The third-order valence-electron chi connectivity index (χ3n) is 7.22. The van der Waals surface area contributed by atoms with Crippen LogP contribution in [0, 0.1) is 5.41 Å². The van der Waals surface area contributed by atoms with Gasteiger partial charge >= 0.3 is 6.09 Å². The van der Waals surface area contributed by atoms with Gasteiger partial charge in [0.25, 0.3) is 11.8 Å². The van der Waals surface area contributed by atoms with E-state index in [0.29, 0.717) is 6.42 Å². The van der Waals surface area contributed by atoms with E-state index in [4.69, 9.17) is 4.74 Å². The van der Waals surface area contributed by atoms with Crippen LogP contribution in [0.2, 0.25) is 0 Å². The summed E-state index contributed by atoms with van der Waals surface area (Å²) < 4.78 is 5.39. The molecule has 3 amide bonds. The van der Waals surface area contributed by atoms with Crippen molar-refractivity contribution >= 4 is 17.9 Å². The van der Waals surface area contributed by atoms with Gasteiger partial charge in [0.2, 0.25) is 5.60 Å². The zero-order valence-electron chi connectivity index (χ0n) is 26.9. The number of hydrogen-bond donors (Lipinski definition) is 7. The Morgan fingerprint density at radius 2 is 1.16 bits per heavy atom. The molecule has 244 valence electrons. The molecule has 2 aromatic carbocycles. The number of amides is 3. The molecule has 0 heterocycles. The Morgan fingerprint density at radius 3 is 1.55 bits per heavy atom. The molecule has 0 aromatic heterocycles. The number of ether oxygens (including phenoxy) is 1. The van der Waals surface area contributed by atoms with Crippen molar-refractivity contribution in [1.29, 1.82) is 0 Å². The van der Waals surface area contributed by atoms with Gasteiger partial charge in [0, 0.05) is 25.6 Å². The molecule has 0 aliphatic heterocycles. The molecule has 11 nitrogen and oxygen atoms in total. The lowest BCUT2D eigenvalue weighted by Gasteiger charge is -2.38. The van der Waals surface area contributed by atoms with Gasteiger partial charge < -0.3 is 41.3 Å². The van der Waals surface area contributed by atoms with E-state index < -0.39 is 58.8 Å². The first-order chi connectivity index (χ1) is 20.5. The maximum atomic E-state index is 13.4. The quantitative estimate of drug-likeness (QED) is 0.158. The second kappa shape index (κ2) is 16.0. The van der Waals surface area contributed by atoms with E-state index >= 15 is 0 Å². The fourth-order valence-electron chi connectivity index (χ4n) is 4.66. The first-order valence-electron chi connectivity index (χ1n) is 14.9. The number of alkyl carbamates (subject to hydrolysis) is 1. The maximum absolute atomic E-state index is 13.4. The zero-order chi connectivity index (χ0) is 33.1. The molecule has 44 heavy (non-hydrogen) atoms. The Kier molecular flexibility index (Phi) is 13.3. The summed E-state index contributed by atoms with van der Waals surface area (Å²) in [5.74, 6) is -1.80. The summed E-state index contributed by atoms with van der Waals surface area (Å²) in [6.07, 6.45) is -2.35. The second-order valence-electron chi connectivity index (χ2n) is 13.0. The molecule has 0 aliphatic carbocycles. The molecule has 0 bridgehead atoms. The molecular weight excluding hydrogens is 564 g/mol. The van der Waals surface area contributed by atoms with Crippen molar-refractivity contribution in [2.75, 3.05) is 20.1 Å². The zero-order valence-corrected chi connectivity index (χ0v) is 26.9. The topological polar surface area (TPSA) is 169 Å². The molecule has 11 heteroatoms. The molecule has 0 aliphatic rings. The highest BCUT2D eigenvalue weighted by Gasteiger charge is 2.53. The fraction of sp³-hybridized carbons (Fsp3) is 0.545. The summed E-state index contributed by atoms with van der Waals surface area (Å²) in [5.41, 5.74) is -2.56. The largest absolute Gasteiger partial charge is 0.444 e. The number of aliphatic hydroxyl groups is 3. The summed E-state index contributed by atoms with van der Waals surface area (Å²) in [7, 11) is 1.33. The van der Waals surface area contributed by atoms with E-state index in [0.717, 1.165) is 11.1 Å². The van der Waals surface area contributed by atoms with E-state index in [2.05, 4.69) is 21.3 Å². The van der Waals surface area contributed by atoms with E-state index in [-0.39, 0.29) is 19.5 Å². The van der Waals surface area contributed by atoms with Gasteiger partial charge in [-0.25, -0.2) is 4.79 Å². The van der Waals surface area contributed by atoms with Gasteiger partial charge in [-0.2, -0.15) is 0 Å². The van der Waals surface area contributed by atoms with Crippen molar-refractivity contribution in [3.63, 3.8) is 0 Å². The lowest BCUT2D eigenvalue weighted by molar-refractivity contribution is -0.166. The van der Waals surface area contributed by atoms with Gasteiger partial charge in [-0.15, -0.1) is 0 Å². The lowest BCUT2D eigenvalue weighted by atomic mass is 9.74. The minimum atomic E-state index is -2.40. The molecule has 0 saturated heterocycles. The standard InChI is InChI=1S/C33H50N4O7/c1-31(2,3)33(43,28(40)34-7)29(41)36-24(18-22-14-10-8-11-15-22)26(38)20-35-21-27(39)25(19-23-16-12-9-13-17-23)37-30(42)44-32(4,5)6/h8-17,24-27,35,38-39,43H,18-21H2,1-7H3,(H,34,40)(H,36,41)(H,37,42)/t24-,25+,26?,27+,33?/m0/s1. The van der Waals surface area contributed by atoms with Crippen LogP contribution in [-0.4, -0.2) is 88.9 Å². The van der Waals surface area contributed by atoms with Crippen LogP contribution < -0.4 is 21.3 Å². The van der Waals surface area contributed by atoms with Crippen LogP contribution in [0.1, 0.15) is 52.7 Å². The van der Waals surface area contributed by atoms with E-state index in [1.54, 1.807) is 41.5 Å². The molecular formula is C33H50N4O7. The minimum Gasteiger partial charge on any atom is -0.444 e. The average Bonchev–Trinajstić information content (AvgIpc) is 2.94. The SMILES string of the molecule is CNC(=O)C(O)(C(=O)N[C@@H](Cc1ccccc1)C(O)CNC[C@@H](O)[C@@H](Cc1ccccc1)NC(=O)OC(C)(C)C)C(C)(C)C. The van der Waals surface area contributed by atoms with Crippen LogP contribution in [0.5, 0.6) is 0 Å². The molecule has 2 aromatic rings. The highest BCUT2D eigenvalue weighted by atomic mass is 16.6. The van der Waals surface area contributed by atoms with E-state index in [9.17, 15) is 29.7 Å². The summed E-state index contributed by atoms with van der Waals surface area (Å²) in [4.78, 5) is 38.6. The molecule has 0 spiro atoms. The molecule has 0 radical (unpaired) electrons. The van der Waals surface area contributed by atoms with Gasteiger partial charge in [0.05, 0.1) is 24.3 Å². The molecule has 7 N–H and O–H groups in total. The van der Waals surface area contributed by atoms with Crippen LogP contribution in [0.15, 0.2) is 60.7 Å². The smallest absolute Gasteiger partial charge is 0.407 e. The summed E-state index contributed by atoms with van der Waals surface area (Å²) in [5, 5.41) is 44.4. The van der Waals surface area contributed by atoms with Crippen LogP contribution in [-0.2, 0) is 27.2 Å². The number of rotatable bonds is 14. The van der Waals surface area contributed by atoms with Crippen molar-refractivity contribution in [2.45, 2.75) is 89.9 Å². The van der Waals surface area contributed by atoms with Gasteiger partial charge in [0.1, 0.15) is 5.60 Å². The van der Waals surface area contributed by atoms with Crippen LogP contribution >= 0.6 is 0 Å². The molecule has 2 unspecified atom stereocenters. The predicted octanol–water partition coefficient (Wildman–Crippen LogP) is 1.68. The minimum absolute atomic E-state index is 0.000527. The van der Waals surface area contributed by atoms with Crippen LogP contribution in [0.3, 0.4) is 0 Å². The van der Waals surface area contributed by atoms with Gasteiger partial charge in [-0.1, -0.05) is 81.4 Å². The van der Waals surface area contributed by atoms with Gasteiger partial charge in [-0.3, -0.25) is 9.59 Å². The van der Waals surface area contributed by atoms with Crippen LogP contribution in [0.4, 0.5) is 4.79 Å². The number of aliphatic hydroxyl groups excluding tert-OH is 2. The normalized spacial score (nSPS) is 16.0. The predicted molar refractivity (Wildman–Crippen MR) is 169 cm³/mol. The number of carbonyl (C=O) groups excluding carboxylic acids is 3. The fourth-order valence-corrected chi connectivity index (χ4v) is 4.66. The molecule has 2 rings (SSSR count). The number of likely N-dealkylation sites (N-methyl/N-ethyl adjacent to an activating group) is 1.